The molecular formula is C23H22N4O3. The molecule has 2 heterocycles. The molecule has 4 aromatic rings. The lowest BCUT2D eigenvalue weighted by Crippen LogP contribution is -2.00. The van der Waals surface area contributed by atoms with Gasteiger partial charge in [0.1, 0.15) is 12.1 Å². The maximum atomic E-state index is 6.22. The Balaban J connectivity index is 2.03. The van der Waals surface area contributed by atoms with Crippen LogP contribution in [-0.4, -0.2) is 36.3 Å². The molecule has 0 radical (unpaired) electrons. The number of aryl methyl sites for hydroxylation is 1. The number of aromatic nitrogens is 3. The van der Waals surface area contributed by atoms with E-state index in [1.54, 1.807) is 21.3 Å². The molecule has 2 aromatic heterocycles. The van der Waals surface area contributed by atoms with Crippen LogP contribution in [0.1, 0.15) is 5.56 Å². The van der Waals surface area contributed by atoms with E-state index in [0.29, 0.717) is 34.1 Å². The first-order valence-corrected chi connectivity index (χ1v) is 9.34. The summed E-state index contributed by atoms with van der Waals surface area (Å²) in [6.45, 7) is 2.05. The van der Waals surface area contributed by atoms with Gasteiger partial charge in [0.05, 0.1) is 32.4 Å². The average molecular weight is 402 g/mol. The van der Waals surface area contributed by atoms with Crippen molar-refractivity contribution < 1.29 is 14.2 Å². The quantitative estimate of drug-likeness (QED) is 0.533. The highest BCUT2D eigenvalue weighted by molar-refractivity contribution is 6.01. The summed E-state index contributed by atoms with van der Waals surface area (Å²) in [5, 5.41) is 0.669. The Morgan fingerprint density at radius 2 is 1.47 bits per heavy atom. The minimum Gasteiger partial charge on any atom is -0.493 e. The first kappa shape index (κ1) is 19.4. The van der Waals surface area contributed by atoms with Gasteiger partial charge in [-0.15, -0.1) is 0 Å². The lowest BCUT2D eigenvalue weighted by atomic mass is 9.98. The maximum Gasteiger partial charge on any atom is 0.203 e. The van der Waals surface area contributed by atoms with E-state index < -0.39 is 0 Å². The Hall–Kier alpha value is -3.87. The van der Waals surface area contributed by atoms with Crippen LogP contribution in [0.25, 0.3) is 33.4 Å². The van der Waals surface area contributed by atoms with E-state index in [0.717, 1.165) is 22.4 Å². The molecule has 7 heteroatoms. The molecule has 2 N–H and O–H groups in total. The number of rotatable bonds is 5. The molecule has 0 aliphatic rings. The molecule has 0 atom stereocenters. The summed E-state index contributed by atoms with van der Waals surface area (Å²) in [5.41, 5.74) is 11.3. The van der Waals surface area contributed by atoms with Crippen molar-refractivity contribution in [1.82, 2.24) is 15.0 Å². The summed E-state index contributed by atoms with van der Waals surface area (Å²) in [4.78, 5) is 13.2. The predicted octanol–water partition coefficient (Wildman–Crippen LogP) is 4.28. The van der Waals surface area contributed by atoms with Crippen molar-refractivity contribution >= 4 is 16.9 Å². The predicted molar refractivity (Wildman–Crippen MR) is 117 cm³/mol. The van der Waals surface area contributed by atoms with Crippen molar-refractivity contribution in [2.45, 2.75) is 6.92 Å². The van der Waals surface area contributed by atoms with Gasteiger partial charge >= 0.3 is 0 Å². The molecule has 0 unspecified atom stereocenters. The smallest absolute Gasteiger partial charge is 0.203 e. The number of nitrogen functional groups attached to an aromatic ring is 1. The Kier molecular flexibility index (Phi) is 5.10. The Bertz CT molecular complexity index is 1200. The van der Waals surface area contributed by atoms with Gasteiger partial charge < -0.3 is 19.9 Å². The van der Waals surface area contributed by atoms with Gasteiger partial charge in [-0.25, -0.2) is 15.0 Å². The molecule has 7 nitrogen and oxygen atoms in total. The van der Waals surface area contributed by atoms with E-state index in [1.807, 2.05) is 37.3 Å². The molecule has 0 saturated heterocycles. The summed E-state index contributed by atoms with van der Waals surface area (Å²) in [7, 11) is 4.74. The normalized spacial score (nSPS) is 10.8. The number of hydrogen-bond acceptors (Lipinski definition) is 7. The average Bonchev–Trinajstić information content (AvgIpc) is 2.78. The van der Waals surface area contributed by atoms with E-state index in [4.69, 9.17) is 24.9 Å². The van der Waals surface area contributed by atoms with Crippen molar-refractivity contribution in [1.29, 1.82) is 0 Å². The van der Waals surface area contributed by atoms with Gasteiger partial charge in [-0.2, -0.15) is 0 Å². The molecule has 0 spiro atoms. The fraction of sp³-hybridized carbons (Fsp3) is 0.174. The number of pyridine rings is 1. The van der Waals surface area contributed by atoms with Gasteiger partial charge in [0.25, 0.3) is 0 Å². The number of nitrogens with two attached hydrogens (primary N) is 1. The third-order valence-corrected chi connectivity index (χ3v) is 4.96. The Morgan fingerprint density at radius 1 is 0.800 bits per heavy atom. The van der Waals surface area contributed by atoms with Crippen LogP contribution >= 0.6 is 0 Å². The SMILES string of the molecule is COc1cc(-c2cc(-c3ccc(C)cc3)nc3ncnc(N)c23)cc(OC)c1OC. The summed E-state index contributed by atoms with van der Waals surface area (Å²) in [6, 6.07) is 13.9. The first-order chi connectivity index (χ1) is 14.5. The van der Waals surface area contributed by atoms with Crippen LogP contribution < -0.4 is 19.9 Å². The number of methoxy groups -OCH3 is 3. The zero-order valence-corrected chi connectivity index (χ0v) is 17.3. The van der Waals surface area contributed by atoms with E-state index in [9.17, 15) is 0 Å². The van der Waals surface area contributed by atoms with Gasteiger partial charge in [0.2, 0.25) is 5.75 Å². The number of hydrogen-bond donors (Lipinski definition) is 1. The Morgan fingerprint density at radius 3 is 2.07 bits per heavy atom. The van der Waals surface area contributed by atoms with Gasteiger partial charge in [0, 0.05) is 5.56 Å². The molecule has 152 valence electrons. The summed E-state index contributed by atoms with van der Waals surface area (Å²) >= 11 is 0. The second-order valence-electron chi connectivity index (χ2n) is 6.79. The van der Waals surface area contributed by atoms with Crippen LogP contribution in [-0.2, 0) is 0 Å². The first-order valence-electron chi connectivity index (χ1n) is 9.34. The summed E-state index contributed by atoms with van der Waals surface area (Å²) in [5.74, 6) is 1.96. The molecule has 0 amide bonds. The zero-order chi connectivity index (χ0) is 21.3. The fourth-order valence-electron chi connectivity index (χ4n) is 3.42. The van der Waals surface area contributed by atoms with Gasteiger partial charge in [0.15, 0.2) is 17.1 Å². The molecule has 0 aliphatic carbocycles. The van der Waals surface area contributed by atoms with Crippen molar-refractivity contribution in [3.63, 3.8) is 0 Å². The topological polar surface area (TPSA) is 92.4 Å². The highest BCUT2D eigenvalue weighted by Gasteiger charge is 2.18. The second kappa shape index (κ2) is 7.87. The molecule has 0 fully saturated rings. The van der Waals surface area contributed by atoms with Gasteiger partial charge in [-0.05, 0) is 36.2 Å². The highest BCUT2D eigenvalue weighted by Crippen LogP contribution is 2.43. The third-order valence-electron chi connectivity index (χ3n) is 4.96. The molecular weight excluding hydrogens is 380 g/mol. The Labute approximate surface area is 174 Å². The van der Waals surface area contributed by atoms with Gasteiger partial charge in [-0.1, -0.05) is 29.8 Å². The number of nitrogens with zero attached hydrogens (tertiary/aromatic N) is 3. The van der Waals surface area contributed by atoms with Gasteiger partial charge in [-0.3, -0.25) is 0 Å². The molecule has 4 rings (SSSR count). The van der Waals surface area contributed by atoms with Crippen molar-refractivity contribution in [3.05, 3.63) is 54.4 Å². The van der Waals surface area contributed by atoms with Crippen LogP contribution in [0.5, 0.6) is 17.2 Å². The van der Waals surface area contributed by atoms with Crippen LogP contribution in [0.4, 0.5) is 5.82 Å². The minimum absolute atomic E-state index is 0.353. The maximum absolute atomic E-state index is 6.22. The minimum atomic E-state index is 0.353. The standard InChI is InChI=1S/C23H22N4O3/c1-13-5-7-14(8-6-13)17-11-16(20-22(24)25-12-26-23(20)27-17)15-9-18(28-2)21(30-4)19(10-15)29-3/h5-12H,1-4H3,(H2,24,25,26,27). The molecule has 2 aromatic carbocycles. The van der Waals surface area contributed by atoms with E-state index >= 15 is 0 Å². The number of ether oxygens (including phenoxy) is 3. The summed E-state index contributed by atoms with van der Waals surface area (Å²) < 4.78 is 16.5. The fourth-order valence-corrected chi connectivity index (χ4v) is 3.42. The van der Waals surface area contributed by atoms with E-state index in [-0.39, 0.29) is 0 Å². The van der Waals surface area contributed by atoms with Crippen LogP contribution in [0, 0.1) is 6.92 Å². The van der Waals surface area contributed by atoms with E-state index in [2.05, 4.69) is 22.1 Å². The van der Waals surface area contributed by atoms with Crippen molar-refractivity contribution in [3.8, 4) is 39.6 Å². The van der Waals surface area contributed by atoms with Crippen LogP contribution in [0.15, 0.2) is 48.8 Å². The molecule has 0 aliphatic heterocycles. The third kappa shape index (κ3) is 3.34. The number of anilines is 1. The van der Waals surface area contributed by atoms with Crippen molar-refractivity contribution in [2.75, 3.05) is 27.1 Å². The molecule has 0 saturated carbocycles. The zero-order valence-electron chi connectivity index (χ0n) is 17.3. The number of fused-ring (bicyclic) bond motifs is 1. The monoisotopic (exact) mass is 402 g/mol. The largest absolute Gasteiger partial charge is 0.493 e. The molecule has 30 heavy (non-hydrogen) atoms. The highest BCUT2D eigenvalue weighted by atomic mass is 16.5. The lowest BCUT2D eigenvalue weighted by molar-refractivity contribution is 0.324. The van der Waals surface area contributed by atoms with E-state index in [1.165, 1.54) is 11.9 Å². The second-order valence-corrected chi connectivity index (χ2v) is 6.79. The number of benzene rings is 2. The van der Waals surface area contributed by atoms with Crippen molar-refractivity contribution in [2.24, 2.45) is 0 Å². The van der Waals surface area contributed by atoms with Crippen LogP contribution in [0.3, 0.4) is 0 Å². The summed E-state index contributed by atoms with van der Waals surface area (Å²) in [6.07, 6.45) is 1.42. The lowest BCUT2D eigenvalue weighted by Gasteiger charge is -2.16. The van der Waals surface area contributed by atoms with Crippen LogP contribution in [0.2, 0.25) is 0 Å². The molecule has 0 bridgehead atoms.